The Balaban J connectivity index is 1.50. The van der Waals surface area contributed by atoms with Crippen molar-refractivity contribution >= 4 is 23.3 Å². The molecule has 0 radical (unpaired) electrons. The van der Waals surface area contributed by atoms with Gasteiger partial charge in [0, 0.05) is 18.2 Å². The highest BCUT2D eigenvalue weighted by Gasteiger charge is 2.36. The van der Waals surface area contributed by atoms with Gasteiger partial charge in [0.05, 0.1) is 18.7 Å². The summed E-state index contributed by atoms with van der Waals surface area (Å²) in [5, 5.41) is 9.94. The third kappa shape index (κ3) is 6.22. The summed E-state index contributed by atoms with van der Waals surface area (Å²) in [4.78, 5) is 29.8. The number of hydrogen-bond acceptors (Lipinski definition) is 5. The molecule has 2 aliphatic carbocycles. The second kappa shape index (κ2) is 12.5. The number of nitrogens with zero attached hydrogens (tertiary/aromatic N) is 1. The molecule has 1 N–H and O–H groups in total. The van der Waals surface area contributed by atoms with Gasteiger partial charge in [-0.15, -0.1) is 0 Å². The fourth-order valence-corrected chi connectivity index (χ4v) is 6.68. The van der Waals surface area contributed by atoms with E-state index in [0.717, 1.165) is 31.4 Å². The van der Waals surface area contributed by atoms with Gasteiger partial charge in [-0.1, -0.05) is 74.1 Å². The number of phenolic OH excluding ortho intramolecular Hbond substituents is 1. The third-order valence-corrected chi connectivity index (χ3v) is 8.95. The van der Waals surface area contributed by atoms with Crippen molar-refractivity contribution in [1.29, 1.82) is 0 Å². The molecule has 0 amide bonds. The molecule has 3 aliphatic rings. The fourth-order valence-electron chi connectivity index (χ4n) is 6.68. The molecule has 43 heavy (non-hydrogen) atoms. The lowest BCUT2D eigenvalue weighted by Crippen LogP contribution is -2.32. The molecule has 2 unspecified atom stereocenters. The number of rotatable bonds is 9. The van der Waals surface area contributed by atoms with E-state index in [1.165, 1.54) is 41.6 Å². The van der Waals surface area contributed by atoms with E-state index in [-0.39, 0.29) is 40.3 Å². The van der Waals surface area contributed by atoms with Gasteiger partial charge in [0.25, 0.3) is 0 Å². The van der Waals surface area contributed by atoms with Crippen LogP contribution in [-0.4, -0.2) is 36.4 Å². The smallest absolute Gasteiger partial charge is 0.189 e. The van der Waals surface area contributed by atoms with Crippen molar-refractivity contribution < 1.29 is 19.4 Å². The van der Waals surface area contributed by atoms with Gasteiger partial charge < -0.3 is 14.7 Å². The van der Waals surface area contributed by atoms with E-state index in [4.69, 9.17) is 4.74 Å². The number of ether oxygens (including phenoxy) is 1. The highest BCUT2D eigenvalue weighted by atomic mass is 16.5. The predicted molar refractivity (Wildman–Crippen MR) is 174 cm³/mol. The predicted octanol–water partition coefficient (Wildman–Crippen LogP) is 8.05. The second-order valence-corrected chi connectivity index (χ2v) is 12.2. The number of likely N-dealkylation sites (N-methyl/N-ethyl adjacent to an activating group) is 1. The minimum absolute atomic E-state index is 0.0184. The Kier molecular flexibility index (Phi) is 8.72. The maximum absolute atomic E-state index is 13.8. The van der Waals surface area contributed by atoms with E-state index in [1.807, 2.05) is 12.2 Å². The molecule has 5 nitrogen and oxygen atoms in total. The van der Waals surface area contributed by atoms with Crippen LogP contribution in [-0.2, 0) is 9.59 Å². The number of ketones is 2. The van der Waals surface area contributed by atoms with Crippen molar-refractivity contribution in [2.24, 2.45) is 5.41 Å². The zero-order valence-electron chi connectivity index (χ0n) is 25.8. The second-order valence-electron chi connectivity index (χ2n) is 12.2. The van der Waals surface area contributed by atoms with E-state index in [0.29, 0.717) is 11.3 Å². The van der Waals surface area contributed by atoms with Crippen LogP contribution in [0.5, 0.6) is 11.5 Å². The minimum Gasteiger partial charge on any atom is -0.504 e. The molecule has 0 saturated carbocycles. The Hall–Kier alpha value is -4.38. The lowest BCUT2D eigenvalue weighted by molar-refractivity contribution is -0.116. The number of methoxy groups -OCH3 is 1. The van der Waals surface area contributed by atoms with Gasteiger partial charge in [-0.25, -0.2) is 0 Å². The van der Waals surface area contributed by atoms with Gasteiger partial charge in [0.2, 0.25) is 0 Å². The Morgan fingerprint density at radius 3 is 2.56 bits per heavy atom. The van der Waals surface area contributed by atoms with E-state index in [1.54, 1.807) is 30.4 Å². The first-order valence-corrected chi connectivity index (χ1v) is 15.1. The van der Waals surface area contributed by atoms with Crippen LogP contribution in [0.1, 0.15) is 64.0 Å². The normalized spacial score (nSPS) is 21.3. The monoisotopic (exact) mass is 575 g/mol. The molecule has 0 saturated heterocycles. The Bertz CT molecular complexity index is 1610. The SMILES string of the molecule is CCN1c2ccccc2C2C=C(C=C(C(=O)C=CC3=C(C)CCCC3(C)C)C(=O)C=Cc3ccc(O)c(OC)c3)C=CC21. The summed E-state index contributed by atoms with van der Waals surface area (Å²) in [6, 6.07) is 13.5. The summed E-state index contributed by atoms with van der Waals surface area (Å²) < 4.78 is 5.20. The van der Waals surface area contributed by atoms with Crippen LogP contribution in [0.4, 0.5) is 5.69 Å². The lowest BCUT2D eigenvalue weighted by Gasteiger charge is -2.32. The van der Waals surface area contributed by atoms with Crippen molar-refractivity contribution in [2.75, 3.05) is 18.6 Å². The third-order valence-electron chi connectivity index (χ3n) is 8.95. The zero-order valence-corrected chi connectivity index (χ0v) is 25.8. The molecule has 2 atom stereocenters. The highest BCUT2D eigenvalue weighted by Crippen LogP contribution is 2.44. The molecule has 0 aromatic heterocycles. The molecular weight excluding hydrogens is 534 g/mol. The van der Waals surface area contributed by atoms with Crippen LogP contribution in [0.15, 0.2) is 107 Å². The van der Waals surface area contributed by atoms with Gasteiger partial charge in [-0.3, -0.25) is 9.59 Å². The largest absolute Gasteiger partial charge is 0.504 e. The quantitative estimate of drug-likeness (QED) is 0.186. The summed E-state index contributed by atoms with van der Waals surface area (Å²) in [5.74, 6) is -0.225. The number of fused-ring (bicyclic) bond motifs is 3. The van der Waals surface area contributed by atoms with E-state index < -0.39 is 0 Å². The van der Waals surface area contributed by atoms with Gasteiger partial charge in [0.15, 0.2) is 23.1 Å². The summed E-state index contributed by atoms with van der Waals surface area (Å²) in [6.07, 6.45) is 17.9. The van der Waals surface area contributed by atoms with Crippen LogP contribution in [0.2, 0.25) is 0 Å². The van der Waals surface area contributed by atoms with Crippen LogP contribution in [0, 0.1) is 5.41 Å². The molecule has 5 heteroatoms. The first kappa shape index (κ1) is 30.1. The maximum atomic E-state index is 13.8. The van der Waals surface area contributed by atoms with Crippen LogP contribution in [0.3, 0.4) is 0 Å². The number of allylic oxidation sites excluding steroid dienone is 9. The van der Waals surface area contributed by atoms with Gasteiger partial charge in [-0.05, 0) is 97.2 Å². The number of aromatic hydroxyl groups is 1. The number of carbonyl (C=O) groups is 2. The first-order chi connectivity index (χ1) is 20.6. The Labute approximate surface area is 255 Å². The number of para-hydroxylation sites is 1. The first-order valence-electron chi connectivity index (χ1n) is 15.1. The molecule has 0 spiro atoms. The summed E-state index contributed by atoms with van der Waals surface area (Å²) in [6.45, 7) is 9.61. The van der Waals surface area contributed by atoms with E-state index in [9.17, 15) is 14.7 Å². The summed E-state index contributed by atoms with van der Waals surface area (Å²) in [5.41, 5.74) is 6.56. The van der Waals surface area contributed by atoms with Gasteiger partial charge in [0.1, 0.15) is 0 Å². The minimum atomic E-state index is -0.381. The van der Waals surface area contributed by atoms with Crippen molar-refractivity contribution in [2.45, 2.75) is 58.9 Å². The van der Waals surface area contributed by atoms with Crippen molar-refractivity contribution in [3.8, 4) is 11.5 Å². The van der Waals surface area contributed by atoms with Crippen LogP contribution in [0.25, 0.3) is 6.08 Å². The van der Waals surface area contributed by atoms with Crippen LogP contribution >= 0.6 is 0 Å². The highest BCUT2D eigenvalue weighted by molar-refractivity contribution is 6.28. The molecule has 222 valence electrons. The molecular formula is C38H41NO4. The molecule has 0 bridgehead atoms. The Morgan fingerprint density at radius 2 is 1.84 bits per heavy atom. The average Bonchev–Trinajstić information content (AvgIpc) is 3.31. The fraction of sp³-hybridized carbons (Fsp3) is 0.316. The van der Waals surface area contributed by atoms with Crippen LogP contribution < -0.4 is 9.64 Å². The molecule has 1 aliphatic heterocycles. The molecule has 0 fully saturated rings. The Morgan fingerprint density at radius 1 is 1.09 bits per heavy atom. The number of hydrogen-bond donors (Lipinski definition) is 1. The summed E-state index contributed by atoms with van der Waals surface area (Å²) >= 11 is 0. The average molecular weight is 576 g/mol. The maximum Gasteiger partial charge on any atom is 0.189 e. The van der Waals surface area contributed by atoms with Gasteiger partial charge in [-0.2, -0.15) is 0 Å². The lowest BCUT2D eigenvalue weighted by atomic mass is 9.72. The van der Waals surface area contributed by atoms with Crippen molar-refractivity contribution in [1.82, 2.24) is 0 Å². The molecule has 2 aromatic carbocycles. The molecule has 2 aromatic rings. The van der Waals surface area contributed by atoms with E-state index in [2.05, 4.69) is 69.0 Å². The zero-order chi connectivity index (χ0) is 30.7. The van der Waals surface area contributed by atoms with Crippen molar-refractivity contribution in [3.63, 3.8) is 0 Å². The number of phenols is 1. The number of carbonyl (C=O) groups excluding carboxylic acids is 2. The topological polar surface area (TPSA) is 66.8 Å². The van der Waals surface area contributed by atoms with Crippen molar-refractivity contribution in [3.05, 3.63) is 118 Å². The van der Waals surface area contributed by atoms with Gasteiger partial charge >= 0.3 is 0 Å². The molecule has 1 heterocycles. The summed E-state index contributed by atoms with van der Waals surface area (Å²) in [7, 11) is 1.47. The molecule has 5 rings (SSSR count). The standard InChI is InChI=1S/C38H41NO4/c1-6-39-32-12-8-7-11-28(32)29-22-27(13-17-33(29)39)23-30(34(40)18-14-26-15-19-36(42)37(24-26)43-5)35(41)20-16-31-25(2)10-9-21-38(31,3)4/h7-8,11-20,22-24,29,33,42H,6,9-10,21H2,1-5H3. The number of benzene rings is 2. The van der Waals surface area contributed by atoms with E-state index >= 15 is 0 Å². The number of anilines is 1.